The summed E-state index contributed by atoms with van der Waals surface area (Å²) in [6.07, 6.45) is 1.68. The molecule has 1 amide bonds. The highest BCUT2D eigenvalue weighted by molar-refractivity contribution is 7.13. The molecule has 3 N–H and O–H groups in total. The van der Waals surface area contributed by atoms with E-state index in [1.165, 1.54) is 23.5 Å². The van der Waals surface area contributed by atoms with Crippen molar-refractivity contribution in [2.24, 2.45) is 0 Å². The van der Waals surface area contributed by atoms with Gasteiger partial charge in [0, 0.05) is 28.5 Å². The van der Waals surface area contributed by atoms with Gasteiger partial charge >= 0.3 is 5.97 Å². The lowest BCUT2D eigenvalue weighted by molar-refractivity contribution is 0.0696. The van der Waals surface area contributed by atoms with Gasteiger partial charge in [0.2, 0.25) is 0 Å². The van der Waals surface area contributed by atoms with Gasteiger partial charge in [0.15, 0.2) is 5.13 Å². The van der Waals surface area contributed by atoms with Gasteiger partial charge in [-0.2, -0.15) is 0 Å². The average molecular weight is 374 g/mol. The number of benzene rings is 2. The number of carbonyl (C=O) groups excluding carboxylic acids is 1. The molecule has 25 heavy (non-hydrogen) atoms. The fourth-order valence-electron chi connectivity index (χ4n) is 2.12. The third kappa shape index (κ3) is 4.14. The van der Waals surface area contributed by atoms with Crippen LogP contribution in [-0.4, -0.2) is 22.0 Å². The molecule has 8 heteroatoms. The van der Waals surface area contributed by atoms with E-state index in [2.05, 4.69) is 15.6 Å². The zero-order chi connectivity index (χ0) is 17.8. The van der Waals surface area contributed by atoms with Crippen molar-refractivity contribution in [3.63, 3.8) is 0 Å². The smallest absolute Gasteiger partial charge is 0.337 e. The van der Waals surface area contributed by atoms with Crippen LogP contribution in [-0.2, 0) is 0 Å². The number of thiazole rings is 1. The van der Waals surface area contributed by atoms with Gasteiger partial charge in [0.25, 0.3) is 5.91 Å². The SMILES string of the molecule is O=C(Nc1ccc(Cl)c(C(=O)O)c1)c1cccc(Nc2nccs2)c1. The van der Waals surface area contributed by atoms with Gasteiger partial charge in [0.05, 0.1) is 10.6 Å². The Kier molecular flexibility index (Phi) is 4.97. The van der Waals surface area contributed by atoms with E-state index >= 15 is 0 Å². The lowest BCUT2D eigenvalue weighted by Gasteiger charge is -2.09. The number of rotatable bonds is 5. The zero-order valence-electron chi connectivity index (χ0n) is 12.7. The second-order valence-electron chi connectivity index (χ2n) is 5.00. The summed E-state index contributed by atoms with van der Waals surface area (Å²) >= 11 is 7.28. The molecular weight excluding hydrogens is 362 g/mol. The van der Waals surface area contributed by atoms with Crippen LogP contribution < -0.4 is 10.6 Å². The summed E-state index contributed by atoms with van der Waals surface area (Å²) in [5, 5.41) is 17.5. The summed E-state index contributed by atoms with van der Waals surface area (Å²) in [6.45, 7) is 0. The molecule has 0 saturated heterocycles. The molecule has 0 aliphatic carbocycles. The molecule has 1 aromatic heterocycles. The standard InChI is InChI=1S/C17H12ClN3O3S/c18-14-5-4-12(9-13(14)16(23)24)20-15(22)10-2-1-3-11(8-10)21-17-19-6-7-25-17/h1-9H,(H,19,21)(H,20,22)(H,23,24). The number of hydrogen-bond acceptors (Lipinski definition) is 5. The topological polar surface area (TPSA) is 91.3 Å². The lowest BCUT2D eigenvalue weighted by atomic mass is 10.1. The van der Waals surface area contributed by atoms with Crippen LogP contribution in [0.2, 0.25) is 5.02 Å². The van der Waals surface area contributed by atoms with E-state index in [0.717, 1.165) is 10.8 Å². The van der Waals surface area contributed by atoms with E-state index in [1.807, 2.05) is 11.4 Å². The highest BCUT2D eigenvalue weighted by Crippen LogP contribution is 2.22. The van der Waals surface area contributed by atoms with Crippen LogP contribution in [0.1, 0.15) is 20.7 Å². The first-order valence-corrected chi connectivity index (χ1v) is 8.39. The highest BCUT2D eigenvalue weighted by atomic mass is 35.5. The molecule has 0 unspecified atom stereocenters. The van der Waals surface area contributed by atoms with Crippen molar-refractivity contribution < 1.29 is 14.7 Å². The number of hydrogen-bond donors (Lipinski definition) is 3. The summed E-state index contributed by atoms with van der Waals surface area (Å²) in [4.78, 5) is 27.6. The third-order valence-corrected chi connectivity index (χ3v) is 4.28. The molecule has 0 bridgehead atoms. The number of aromatic nitrogens is 1. The molecule has 1 heterocycles. The molecule has 3 aromatic rings. The minimum atomic E-state index is -1.16. The normalized spacial score (nSPS) is 10.3. The van der Waals surface area contributed by atoms with Crippen LogP contribution in [0.3, 0.4) is 0 Å². The predicted octanol–water partition coefficient (Wildman–Crippen LogP) is 4.49. The summed E-state index contributed by atoms with van der Waals surface area (Å²) < 4.78 is 0. The summed E-state index contributed by atoms with van der Waals surface area (Å²) in [6, 6.07) is 11.2. The fourth-order valence-corrected chi connectivity index (χ4v) is 2.86. The molecule has 6 nitrogen and oxygen atoms in total. The van der Waals surface area contributed by atoms with Crippen LogP contribution in [0, 0.1) is 0 Å². The zero-order valence-corrected chi connectivity index (χ0v) is 14.3. The van der Waals surface area contributed by atoms with E-state index < -0.39 is 5.97 Å². The van der Waals surface area contributed by atoms with Crippen molar-refractivity contribution in [3.8, 4) is 0 Å². The Morgan fingerprint density at radius 2 is 1.96 bits per heavy atom. The average Bonchev–Trinajstić information content (AvgIpc) is 3.09. The minimum absolute atomic E-state index is 0.0707. The van der Waals surface area contributed by atoms with Gasteiger partial charge < -0.3 is 15.7 Å². The van der Waals surface area contributed by atoms with Gasteiger partial charge in [-0.15, -0.1) is 11.3 Å². The first kappa shape index (κ1) is 16.9. The third-order valence-electron chi connectivity index (χ3n) is 3.26. The molecule has 0 atom stereocenters. The largest absolute Gasteiger partial charge is 0.478 e. The Morgan fingerprint density at radius 1 is 1.12 bits per heavy atom. The van der Waals surface area contributed by atoms with Crippen LogP contribution >= 0.6 is 22.9 Å². The summed E-state index contributed by atoms with van der Waals surface area (Å²) in [5.74, 6) is -1.52. The Hall–Kier alpha value is -2.90. The van der Waals surface area contributed by atoms with E-state index in [9.17, 15) is 9.59 Å². The maximum absolute atomic E-state index is 12.4. The number of anilines is 3. The van der Waals surface area contributed by atoms with Crippen molar-refractivity contribution in [1.82, 2.24) is 4.98 Å². The second kappa shape index (κ2) is 7.33. The first-order valence-electron chi connectivity index (χ1n) is 7.14. The van der Waals surface area contributed by atoms with Crippen LogP contribution in [0.5, 0.6) is 0 Å². The maximum Gasteiger partial charge on any atom is 0.337 e. The molecule has 0 saturated carbocycles. The number of nitrogens with one attached hydrogen (secondary N) is 2. The quantitative estimate of drug-likeness (QED) is 0.612. The Labute approximate surface area is 152 Å². The first-order chi connectivity index (χ1) is 12.0. The fraction of sp³-hybridized carbons (Fsp3) is 0. The van der Waals surface area contributed by atoms with E-state index in [0.29, 0.717) is 11.3 Å². The number of carboxylic acids is 1. The highest BCUT2D eigenvalue weighted by Gasteiger charge is 2.12. The van der Waals surface area contributed by atoms with Crippen molar-refractivity contribution in [1.29, 1.82) is 0 Å². The predicted molar refractivity (Wildman–Crippen MR) is 98.2 cm³/mol. The number of carbonyl (C=O) groups is 2. The molecule has 0 fully saturated rings. The summed E-state index contributed by atoms with van der Waals surface area (Å²) in [7, 11) is 0. The number of aromatic carboxylic acids is 1. The van der Waals surface area contributed by atoms with Gasteiger partial charge in [0.1, 0.15) is 0 Å². The van der Waals surface area contributed by atoms with Crippen molar-refractivity contribution in [2.45, 2.75) is 0 Å². The van der Waals surface area contributed by atoms with E-state index in [-0.39, 0.29) is 16.5 Å². The van der Waals surface area contributed by atoms with E-state index in [1.54, 1.807) is 30.5 Å². The summed E-state index contributed by atoms with van der Waals surface area (Å²) in [5.41, 5.74) is 1.43. The Bertz CT molecular complexity index is 929. The molecule has 3 rings (SSSR count). The molecule has 2 aromatic carbocycles. The minimum Gasteiger partial charge on any atom is -0.478 e. The Balaban J connectivity index is 1.77. The van der Waals surface area contributed by atoms with Gasteiger partial charge in [-0.25, -0.2) is 9.78 Å². The van der Waals surface area contributed by atoms with Crippen LogP contribution in [0.4, 0.5) is 16.5 Å². The van der Waals surface area contributed by atoms with Gasteiger partial charge in [-0.3, -0.25) is 4.79 Å². The Morgan fingerprint density at radius 3 is 2.68 bits per heavy atom. The van der Waals surface area contributed by atoms with Gasteiger partial charge in [-0.05, 0) is 36.4 Å². The van der Waals surface area contributed by atoms with Crippen molar-refractivity contribution in [2.75, 3.05) is 10.6 Å². The maximum atomic E-state index is 12.4. The van der Waals surface area contributed by atoms with Crippen LogP contribution in [0.15, 0.2) is 54.0 Å². The van der Waals surface area contributed by atoms with Crippen molar-refractivity contribution in [3.05, 3.63) is 70.2 Å². The monoisotopic (exact) mass is 373 g/mol. The van der Waals surface area contributed by atoms with Crippen molar-refractivity contribution >= 4 is 51.3 Å². The molecule has 0 aliphatic rings. The van der Waals surface area contributed by atoms with Gasteiger partial charge in [-0.1, -0.05) is 17.7 Å². The molecule has 0 radical (unpaired) electrons. The number of carboxylic acid groups (broad SMARTS) is 1. The van der Waals surface area contributed by atoms with Crippen LogP contribution in [0.25, 0.3) is 0 Å². The molecule has 0 spiro atoms. The van der Waals surface area contributed by atoms with E-state index in [4.69, 9.17) is 16.7 Å². The molecule has 126 valence electrons. The number of nitrogens with zero attached hydrogens (tertiary/aromatic N) is 1. The lowest BCUT2D eigenvalue weighted by Crippen LogP contribution is -2.12. The molecular formula is C17H12ClN3O3S. The molecule has 0 aliphatic heterocycles. The number of halogens is 1. The second-order valence-corrected chi connectivity index (χ2v) is 6.30. The number of amides is 1.